The summed E-state index contributed by atoms with van der Waals surface area (Å²) < 4.78 is 0. The molecule has 35 heavy (non-hydrogen) atoms. The minimum Gasteiger partial charge on any atom is -0.390 e. The van der Waals surface area contributed by atoms with Crippen LogP contribution in [0.2, 0.25) is 5.02 Å². The van der Waals surface area contributed by atoms with Crippen molar-refractivity contribution in [3.63, 3.8) is 0 Å². The standard InChI is InChI=1S/C28H44ClN3O3/c1-2-3-14-30-27(34)19-26(33)25(18-21-9-5-4-6-10-21)31-28(35)32-15-8-12-23(20-32)16-22-11-7-13-24(29)17-22/h7,11,13,17,21,23,25-26,33H,2-6,8-10,12,14-16,18-20H2,1H3,(H,30,34)(H,31,35)/t23-,25-,26-/m0/s1. The van der Waals surface area contributed by atoms with Crippen LogP contribution in [-0.4, -0.2) is 53.7 Å². The van der Waals surface area contributed by atoms with Gasteiger partial charge in [0.05, 0.1) is 18.6 Å². The first-order valence-corrected chi connectivity index (χ1v) is 14.1. The van der Waals surface area contributed by atoms with E-state index in [2.05, 4.69) is 23.6 Å². The highest BCUT2D eigenvalue weighted by atomic mass is 35.5. The maximum absolute atomic E-state index is 13.3. The second kappa shape index (κ2) is 14.7. The monoisotopic (exact) mass is 505 g/mol. The molecule has 3 amide bonds. The first-order valence-electron chi connectivity index (χ1n) is 13.7. The van der Waals surface area contributed by atoms with Gasteiger partial charge in [0, 0.05) is 24.7 Å². The van der Waals surface area contributed by atoms with Gasteiger partial charge in [0.25, 0.3) is 0 Å². The Morgan fingerprint density at radius 2 is 1.91 bits per heavy atom. The lowest BCUT2D eigenvalue weighted by atomic mass is 9.83. The van der Waals surface area contributed by atoms with E-state index in [1.165, 1.54) is 24.8 Å². The number of urea groups is 1. The van der Waals surface area contributed by atoms with E-state index in [0.29, 0.717) is 24.9 Å². The molecule has 0 aromatic heterocycles. The minimum absolute atomic E-state index is 0.0266. The first-order chi connectivity index (χ1) is 16.9. The Kier molecular flexibility index (Phi) is 11.7. The predicted octanol–water partition coefficient (Wildman–Crippen LogP) is 5.31. The van der Waals surface area contributed by atoms with Crippen LogP contribution in [0.1, 0.15) is 83.1 Å². The average Bonchev–Trinajstić information content (AvgIpc) is 2.84. The summed E-state index contributed by atoms with van der Waals surface area (Å²) in [6, 6.07) is 7.42. The van der Waals surface area contributed by atoms with Gasteiger partial charge in [-0.2, -0.15) is 0 Å². The Balaban J connectivity index is 1.58. The number of unbranched alkanes of at least 4 members (excludes halogenated alkanes) is 1. The van der Waals surface area contributed by atoms with Crippen LogP contribution in [-0.2, 0) is 11.2 Å². The maximum atomic E-state index is 13.3. The van der Waals surface area contributed by atoms with Crippen LogP contribution in [0.3, 0.4) is 0 Å². The van der Waals surface area contributed by atoms with Gasteiger partial charge in [-0.3, -0.25) is 4.79 Å². The van der Waals surface area contributed by atoms with Crippen molar-refractivity contribution in [2.45, 2.75) is 96.1 Å². The largest absolute Gasteiger partial charge is 0.390 e. The number of rotatable bonds is 11. The molecular formula is C28H44ClN3O3. The molecule has 0 spiro atoms. The van der Waals surface area contributed by atoms with Crippen molar-refractivity contribution in [1.82, 2.24) is 15.5 Å². The Labute approximate surface area is 216 Å². The van der Waals surface area contributed by atoms with E-state index in [9.17, 15) is 14.7 Å². The normalized spacial score (nSPS) is 20.8. The lowest BCUT2D eigenvalue weighted by molar-refractivity contribution is -0.123. The van der Waals surface area contributed by atoms with Crippen LogP contribution < -0.4 is 10.6 Å². The van der Waals surface area contributed by atoms with E-state index < -0.39 is 12.1 Å². The zero-order valence-electron chi connectivity index (χ0n) is 21.3. The summed E-state index contributed by atoms with van der Waals surface area (Å²) in [6.07, 6.45) is 10.7. The molecule has 1 aromatic carbocycles. The highest BCUT2D eigenvalue weighted by molar-refractivity contribution is 6.30. The van der Waals surface area contributed by atoms with E-state index in [0.717, 1.165) is 62.9 Å². The van der Waals surface area contributed by atoms with Crippen LogP contribution in [0.25, 0.3) is 0 Å². The maximum Gasteiger partial charge on any atom is 0.317 e. The number of nitrogens with one attached hydrogen (secondary N) is 2. The number of amides is 3. The second-order valence-electron chi connectivity index (χ2n) is 10.6. The average molecular weight is 506 g/mol. The van der Waals surface area contributed by atoms with Crippen LogP contribution in [0, 0.1) is 11.8 Å². The van der Waals surface area contributed by atoms with E-state index in [4.69, 9.17) is 11.6 Å². The van der Waals surface area contributed by atoms with Gasteiger partial charge in [-0.05, 0) is 61.6 Å². The molecular weight excluding hydrogens is 462 g/mol. The number of hydrogen-bond donors (Lipinski definition) is 3. The number of aliphatic hydroxyl groups excluding tert-OH is 1. The molecule has 1 heterocycles. The van der Waals surface area contributed by atoms with Gasteiger partial charge in [-0.1, -0.05) is 69.2 Å². The zero-order chi connectivity index (χ0) is 25.0. The molecule has 1 saturated heterocycles. The highest BCUT2D eigenvalue weighted by Gasteiger charge is 2.31. The third-order valence-corrected chi connectivity index (χ3v) is 7.79. The second-order valence-corrected chi connectivity index (χ2v) is 11.0. The minimum atomic E-state index is -0.880. The summed E-state index contributed by atoms with van der Waals surface area (Å²) in [5.41, 5.74) is 1.20. The number of piperidine rings is 1. The quantitative estimate of drug-likeness (QED) is 0.356. The fraction of sp³-hybridized carbons (Fsp3) is 0.714. The van der Waals surface area contributed by atoms with Crippen LogP contribution in [0.5, 0.6) is 0 Å². The summed E-state index contributed by atoms with van der Waals surface area (Å²) in [6.45, 7) is 4.13. The van der Waals surface area contributed by atoms with E-state index in [1.54, 1.807) is 0 Å². The Bertz CT molecular complexity index is 799. The number of nitrogens with zero attached hydrogens (tertiary/aromatic N) is 1. The SMILES string of the molecule is CCCCNC(=O)C[C@H](O)[C@H](CC1CCCCC1)NC(=O)N1CCC[C@@H](Cc2cccc(Cl)c2)C1. The topological polar surface area (TPSA) is 81.7 Å². The summed E-state index contributed by atoms with van der Waals surface area (Å²) in [5, 5.41) is 17.7. The Morgan fingerprint density at radius 3 is 2.66 bits per heavy atom. The third kappa shape index (κ3) is 9.64. The summed E-state index contributed by atoms with van der Waals surface area (Å²) >= 11 is 6.15. The summed E-state index contributed by atoms with van der Waals surface area (Å²) in [7, 11) is 0. The number of benzene rings is 1. The highest BCUT2D eigenvalue weighted by Crippen LogP contribution is 2.29. The molecule has 2 aliphatic rings. The number of halogens is 1. The van der Waals surface area contributed by atoms with Gasteiger partial charge in [0.1, 0.15) is 0 Å². The van der Waals surface area contributed by atoms with Crippen LogP contribution in [0.4, 0.5) is 4.79 Å². The van der Waals surface area contributed by atoms with Gasteiger partial charge in [0.15, 0.2) is 0 Å². The van der Waals surface area contributed by atoms with Gasteiger partial charge < -0.3 is 20.6 Å². The zero-order valence-corrected chi connectivity index (χ0v) is 22.1. The van der Waals surface area contributed by atoms with Crippen molar-refractivity contribution in [3.8, 4) is 0 Å². The van der Waals surface area contributed by atoms with Gasteiger partial charge >= 0.3 is 6.03 Å². The number of aliphatic hydroxyl groups is 1. The molecule has 6 nitrogen and oxygen atoms in total. The van der Waals surface area contributed by atoms with Crippen molar-refractivity contribution < 1.29 is 14.7 Å². The fourth-order valence-corrected chi connectivity index (χ4v) is 5.78. The molecule has 1 aliphatic heterocycles. The molecule has 1 aliphatic carbocycles. The lowest BCUT2D eigenvalue weighted by Gasteiger charge is -2.36. The van der Waals surface area contributed by atoms with Crippen LogP contribution in [0.15, 0.2) is 24.3 Å². The number of carbonyl (C=O) groups is 2. The Hall–Kier alpha value is -1.79. The van der Waals surface area contributed by atoms with Crippen LogP contribution >= 0.6 is 11.6 Å². The third-order valence-electron chi connectivity index (χ3n) is 7.55. The molecule has 1 aromatic rings. The van der Waals surface area contributed by atoms with Crippen molar-refractivity contribution in [3.05, 3.63) is 34.9 Å². The predicted molar refractivity (Wildman–Crippen MR) is 142 cm³/mol. The molecule has 0 radical (unpaired) electrons. The van der Waals surface area contributed by atoms with Gasteiger partial charge in [-0.25, -0.2) is 4.79 Å². The molecule has 1 saturated carbocycles. The number of carbonyl (C=O) groups excluding carboxylic acids is 2. The number of likely N-dealkylation sites (tertiary alicyclic amines) is 1. The molecule has 0 unspecified atom stereocenters. The molecule has 196 valence electrons. The summed E-state index contributed by atoms with van der Waals surface area (Å²) in [5.74, 6) is 0.733. The van der Waals surface area contributed by atoms with Gasteiger partial charge in [-0.15, -0.1) is 0 Å². The molecule has 3 atom stereocenters. The summed E-state index contributed by atoms with van der Waals surface area (Å²) in [4.78, 5) is 27.5. The fourth-order valence-electron chi connectivity index (χ4n) is 5.57. The van der Waals surface area contributed by atoms with Crippen molar-refractivity contribution in [2.75, 3.05) is 19.6 Å². The van der Waals surface area contributed by atoms with Crippen molar-refractivity contribution in [1.29, 1.82) is 0 Å². The van der Waals surface area contributed by atoms with E-state index in [1.807, 2.05) is 23.1 Å². The lowest BCUT2D eigenvalue weighted by Crippen LogP contribution is -2.53. The first kappa shape index (κ1) is 27.8. The van der Waals surface area contributed by atoms with Crippen molar-refractivity contribution >= 4 is 23.5 Å². The van der Waals surface area contributed by atoms with E-state index >= 15 is 0 Å². The smallest absolute Gasteiger partial charge is 0.317 e. The van der Waals surface area contributed by atoms with E-state index in [-0.39, 0.29) is 18.4 Å². The molecule has 3 N–H and O–H groups in total. The Morgan fingerprint density at radius 1 is 1.14 bits per heavy atom. The molecule has 3 rings (SSSR count). The molecule has 2 fully saturated rings. The van der Waals surface area contributed by atoms with Gasteiger partial charge in [0.2, 0.25) is 5.91 Å². The van der Waals surface area contributed by atoms with Crippen molar-refractivity contribution in [2.24, 2.45) is 11.8 Å². The molecule has 0 bridgehead atoms. The number of hydrogen-bond acceptors (Lipinski definition) is 3. The molecule has 7 heteroatoms.